The van der Waals surface area contributed by atoms with Crippen LogP contribution in [0.3, 0.4) is 0 Å². The maximum Gasteiger partial charge on any atom is 0.0555 e. The number of hydrogen-bond donors (Lipinski definition) is 1. The summed E-state index contributed by atoms with van der Waals surface area (Å²) in [6, 6.07) is 8.27. The third-order valence-electron chi connectivity index (χ3n) is 2.93. The van der Waals surface area contributed by atoms with Gasteiger partial charge in [0.2, 0.25) is 0 Å². The van der Waals surface area contributed by atoms with Crippen LogP contribution in [-0.2, 0) is 20.1 Å². The lowest BCUT2D eigenvalue weighted by Crippen LogP contribution is -2.16. The van der Waals surface area contributed by atoms with E-state index in [1.54, 1.807) is 0 Å². The van der Waals surface area contributed by atoms with E-state index in [4.69, 9.17) is 5.73 Å². The first-order valence-electron chi connectivity index (χ1n) is 6.61. The van der Waals surface area contributed by atoms with Gasteiger partial charge in [-0.2, -0.15) is 5.10 Å². The average molecular weight is 268 g/mol. The molecule has 2 aromatic rings. The molecular formula is C16H20N4. The number of nitrogens with two attached hydrogens (primary N) is 1. The van der Waals surface area contributed by atoms with E-state index in [2.05, 4.69) is 41.0 Å². The van der Waals surface area contributed by atoms with Gasteiger partial charge in [0.15, 0.2) is 0 Å². The van der Waals surface area contributed by atoms with Crippen molar-refractivity contribution in [2.24, 2.45) is 12.8 Å². The van der Waals surface area contributed by atoms with E-state index < -0.39 is 0 Å². The Kier molecular flexibility index (Phi) is 4.94. The van der Waals surface area contributed by atoms with Gasteiger partial charge in [-0.15, -0.1) is 0 Å². The zero-order valence-electron chi connectivity index (χ0n) is 12.0. The maximum absolute atomic E-state index is 5.39. The Bertz CT molecular complexity index is 619. The molecule has 2 N–H and O–H groups in total. The summed E-state index contributed by atoms with van der Waals surface area (Å²) in [5, 5.41) is 4.18. The standard InChI is InChI=1S/C16H20N4/c1-19(12-16-10-18-20(2)13-16)11-15-6-3-5-14(9-15)7-4-8-17/h3,5-6,9-10,13H,8,11-12,17H2,1-2H3. The predicted octanol–water partition coefficient (Wildman–Crippen LogP) is 1.36. The van der Waals surface area contributed by atoms with Gasteiger partial charge in [0, 0.05) is 37.5 Å². The zero-order chi connectivity index (χ0) is 14.4. The number of aromatic nitrogens is 2. The van der Waals surface area contributed by atoms with E-state index >= 15 is 0 Å². The molecule has 0 bridgehead atoms. The Labute approximate surface area is 120 Å². The van der Waals surface area contributed by atoms with Gasteiger partial charge < -0.3 is 5.73 Å². The van der Waals surface area contributed by atoms with E-state index in [1.165, 1.54) is 11.1 Å². The summed E-state index contributed by atoms with van der Waals surface area (Å²) in [5.41, 5.74) is 8.88. The number of rotatable bonds is 4. The number of hydrogen-bond acceptors (Lipinski definition) is 3. The van der Waals surface area contributed by atoms with Crippen LogP contribution in [0.5, 0.6) is 0 Å². The monoisotopic (exact) mass is 268 g/mol. The van der Waals surface area contributed by atoms with Gasteiger partial charge in [-0.25, -0.2) is 0 Å². The number of nitrogens with zero attached hydrogens (tertiary/aromatic N) is 3. The van der Waals surface area contributed by atoms with Crippen molar-refractivity contribution in [3.8, 4) is 11.8 Å². The minimum absolute atomic E-state index is 0.394. The summed E-state index contributed by atoms with van der Waals surface area (Å²) in [7, 11) is 4.04. The molecule has 0 aliphatic rings. The molecule has 1 heterocycles. The Hall–Kier alpha value is -2.09. The first-order chi connectivity index (χ1) is 9.67. The summed E-state index contributed by atoms with van der Waals surface area (Å²) in [6.45, 7) is 2.16. The molecule has 4 heteroatoms. The Morgan fingerprint density at radius 3 is 2.80 bits per heavy atom. The van der Waals surface area contributed by atoms with Gasteiger partial charge in [0.1, 0.15) is 0 Å². The Morgan fingerprint density at radius 1 is 1.30 bits per heavy atom. The topological polar surface area (TPSA) is 47.1 Å². The molecular weight excluding hydrogens is 248 g/mol. The summed E-state index contributed by atoms with van der Waals surface area (Å²) in [4.78, 5) is 2.26. The highest BCUT2D eigenvalue weighted by Crippen LogP contribution is 2.09. The lowest BCUT2D eigenvalue weighted by Gasteiger charge is -2.15. The van der Waals surface area contributed by atoms with Crippen LogP contribution >= 0.6 is 0 Å². The second-order valence-electron chi connectivity index (χ2n) is 4.90. The molecule has 0 radical (unpaired) electrons. The van der Waals surface area contributed by atoms with Crippen molar-refractivity contribution in [1.82, 2.24) is 14.7 Å². The largest absolute Gasteiger partial charge is 0.320 e. The first-order valence-corrected chi connectivity index (χ1v) is 6.61. The van der Waals surface area contributed by atoms with E-state index in [1.807, 2.05) is 36.3 Å². The maximum atomic E-state index is 5.39. The Balaban J connectivity index is 1.98. The quantitative estimate of drug-likeness (QED) is 0.852. The van der Waals surface area contributed by atoms with Crippen molar-refractivity contribution in [1.29, 1.82) is 0 Å². The SMILES string of the molecule is CN(Cc1cccc(C#CCN)c1)Cc1cnn(C)c1. The zero-order valence-corrected chi connectivity index (χ0v) is 12.0. The fraction of sp³-hybridized carbons (Fsp3) is 0.312. The molecule has 0 spiro atoms. The molecule has 20 heavy (non-hydrogen) atoms. The molecule has 1 aromatic carbocycles. The summed E-state index contributed by atoms with van der Waals surface area (Å²) in [6.07, 6.45) is 3.94. The van der Waals surface area contributed by atoms with Crippen molar-refractivity contribution in [3.05, 3.63) is 53.3 Å². The van der Waals surface area contributed by atoms with E-state index in [-0.39, 0.29) is 0 Å². The van der Waals surface area contributed by atoms with Crippen molar-refractivity contribution < 1.29 is 0 Å². The summed E-state index contributed by atoms with van der Waals surface area (Å²) >= 11 is 0. The molecule has 2 rings (SSSR count). The van der Waals surface area contributed by atoms with Crippen LogP contribution in [0, 0.1) is 11.8 Å². The molecule has 0 amide bonds. The van der Waals surface area contributed by atoms with Gasteiger partial charge >= 0.3 is 0 Å². The van der Waals surface area contributed by atoms with Gasteiger partial charge in [0.05, 0.1) is 12.7 Å². The van der Waals surface area contributed by atoms with Crippen molar-refractivity contribution in [2.45, 2.75) is 13.1 Å². The van der Waals surface area contributed by atoms with Gasteiger partial charge in [-0.1, -0.05) is 24.0 Å². The summed E-state index contributed by atoms with van der Waals surface area (Å²) in [5.74, 6) is 5.94. The molecule has 0 aliphatic heterocycles. The predicted molar refractivity (Wildman–Crippen MR) is 80.8 cm³/mol. The normalized spacial score (nSPS) is 10.4. The van der Waals surface area contributed by atoms with Crippen molar-refractivity contribution in [2.75, 3.05) is 13.6 Å². The second kappa shape index (κ2) is 6.90. The van der Waals surface area contributed by atoms with E-state index in [9.17, 15) is 0 Å². The van der Waals surface area contributed by atoms with Gasteiger partial charge in [0.25, 0.3) is 0 Å². The molecule has 4 nitrogen and oxygen atoms in total. The molecule has 0 atom stereocenters. The highest BCUT2D eigenvalue weighted by Gasteiger charge is 2.03. The van der Waals surface area contributed by atoms with Crippen LogP contribution in [0.4, 0.5) is 0 Å². The molecule has 0 saturated heterocycles. The van der Waals surface area contributed by atoms with Crippen molar-refractivity contribution in [3.63, 3.8) is 0 Å². The number of benzene rings is 1. The lowest BCUT2D eigenvalue weighted by molar-refractivity contribution is 0.319. The number of aryl methyl sites for hydroxylation is 1. The fourth-order valence-corrected chi connectivity index (χ4v) is 2.13. The lowest BCUT2D eigenvalue weighted by atomic mass is 10.1. The first kappa shape index (κ1) is 14.3. The van der Waals surface area contributed by atoms with Crippen LogP contribution < -0.4 is 5.73 Å². The molecule has 104 valence electrons. The molecule has 0 aliphatic carbocycles. The van der Waals surface area contributed by atoms with Crippen LogP contribution in [-0.4, -0.2) is 28.3 Å². The van der Waals surface area contributed by atoms with Crippen LogP contribution in [0.15, 0.2) is 36.7 Å². The average Bonchev–Trinajstić information content (AvgIpc) is 2.82. The third kappa shape index (κ3) is 4.23. The molecule has 0 unspecified atom stereocenters. The van der Waals surface area contributed by atoms with Gasteiger partial charge in [-0.3, -0.25) is 9.58 Å². The fourth-order valence-electron chi connectivity index (χ4n) is 2.13. The third-order valence-corrected chi connectivity index (χ3v) is 2.93. The highest BCUT2D eigenvalue weighted by molar-refractivity contribution is 5.37. The highest BCUT2D eigenvalue weighted by atomic mass is 15.2. The minimum Gasteiger partial charge on any atom is -0.320 e. The van der Waals surface area contributed by atoms with Crippen LogP contribution in [0.2, 0.25) is 0 Å². The van der Waals surface area contributed by atoms with E-state index in [0.717, 1.165) is 18.7 Å². The molecule has 0 fully saturated rings. The second-order valence-corrected chi connectivity index (χ2v) is 4.90. The van der Waals surface area contributed by atoms with Gasteiger partial charge in [-0.05, 0) is 24.7 Å². The molecule has 1 aromatic heterocycles. The van der Waals surface area contributed by atoms with Crippen molar-refractivity contribution >= 4 is 0 Å². The minimum atomic E-state index is 0.394. The van der Waals surface area contributed by atoms with E-state index in [0.29, 0.717) is 6.54 Å². The summed E-state index contributed by atoms with van der Waals surface area (Å²) < 4.78 is 1.83. The van der Waals surface area contributed by atoms with Crippen LogP contribution in [0.1, 0.15) is 16.7 Å². The smallest absolute Gasteiger partial charge is 0.0555 e. The van der Waals surface area contributed by atoms with Crippen LogP contribution in [0.25, 0.3) is 0 Å². The Morgan fingerprint density at radius 2 is 2.10 bits per heavy atom. The molecule has 0 saturated carbocycles.